The highest BCUT2D eigenvalue weighted by Crippen LogP contribution is 2.18. The van der Waals surface area contributed by atoms with Crippen molar-refractivity contribution in [2.75, 3.05) is 11.9 Å². The summed E-state index contributed by atoms with van der Waals surface area (Å²) in [4.78, 5) is 12.1. The fourth-order valence-corrected chi connectivity index (χ4v) is 2.03. The first-order chi connectivity index (χ1) is 10.2. The van der Waals surface area contributed by atoms with E-state index >= 15 is 0 Å². The fourth-order valence-electron chi connectivity index (χ4n) is 2.03. The molecule has 0 aliphatic carbocycles. The predicted octanol–water partition coefficient (Wildman–Crippen LogP) is 3.14. The van der Waals surface area contributed by atoms with Gasteiger partial charge in [-0.2, -0.15) is 0 Å². The van der Waals surface area contributed by atoms with Crippen LogP contribution >= 0.6 is 0 Å². The summed E-state index contributed by atoms with van der Waals surface area (Å²) in [5.74, 6) is -0.331. The Morgan fingerprint density at radius 3 is 2.71 bits per heavy atom. The molecule has 0 atom stereocenters. The van der Waals surface area contributed by atoms with E-state index in [0.717, 1.165) is 30.8 Å². The van der Waals surface area contributed by atoms with Crippen LogP contribution in [0.5, 0.6) is 5.75 Å². The summed E-state index contributed by atoms with van der Waals surface area (Å²) in [5.41, 5.74) is 2.10. The molecule has 0 saturated heterocycles. The molecule has 0 aliphatic rings. The average molecular weight is 284 g/mol. The number of rotatable bonds is 6. The number of para-hydroxylation sites is 1. The maximum Gasteiger partial charge on any atom is 0.259 e. The first-order valence-corrected chi connectivity index (χ1v) is 7.09. The number of carbonyl (C=O) groups excluding carboxylic acids is 1. The number of carbonyl (C=O) groups is 1. The van der Waals surface area contributed by atoms with Crippen LogP contribution in [-0.4, -0.2) is 17.6 Å². The molecule has 4 heteroatoms. The van der Waals surface area contributed by atoms with Gasteiger partial charge in [-0.05, 0) is 42.8 Å². The van der Waals surface area contributed by atoms with Crippen LogP contribution in [0.1, 0.15) is 29.3 Å². The molecule has 2 aromatic rings. The zero-order valence-electron chi connectivity index (χ0n) is 12.1. The van der Waals surface area contributed by atoms with Gasteiger partial charge in [-0.1, -0.05) is 31.2 Å². The Morgan fingerprint density at radius 1 is 1.14 bits per heavy atom. The Morgan fingerprint density at radius 2 is 1.95 bits per heavy atom. The predicted molar refractivity (Wildman–Crippen MR) is 84.5 cm³/mol. The summed E-state index contributed by atoms with van der Waals surface area (Å²) in [7, 11) is 0. The number of hydrogen-bond acceptors (Lipinski definition) is 3. The number of phenolic OH excluding ortho intramolecular Hbond substituents is 1. The van der Waals surface area contributed by atoms with Gasteiger partial charge in [0.15, 0.2) is 0 Å². The van der Waals surface area contributed by atoms with Gasteiger partial charge in [-0.3, -0.25) is 4.79 Å². The SMILES string of the molecule is CCCNCc1cccc(NC(=O)c2ccccc2O)c1. The quantitative estimate of drug-likeness (QED) is 0.714. The molecular formula is C17H20N2O2. The number of phenols is 1. The van der Waals surface area contributed by atoms with Crippen molar-refractivity contribution in [1.29, 1.82) is 0 Å². The van der Waals surface area contributed by atoms with Crippen molar-refractivity contribution in [3.8, 4) is 5.75 Å². The molecule has 0 bridgehead atoms. The van der Waals surface area contributed by atoms with Crippen molar-refractivity contribution in [1.82, 2.24) is 5.32 Å². The summed E-state index contributed by atoms with van der Waals surface area (Å²) >= 11 is 0. The smallest absolute Gasteiger partial charge is 0.259 e. The second kappa shape index (κ2) is 7.45. The van der Waals surface area contributed by atoms with E-state index in [1.807, 2.05) is 24.3 Å². The number of benzene rings is 2. The zero-order valence-corrected chi connectivity index (χ0v) is 12.1. The third-order valence-electron chi connectivity index (χ3n) is 3.09. The van der Waals surface area contributed by atoms with Crippen molar-refractivity contribution < 1.29 is 9.90 Å². The van der Waals surface area contributed by atoms with Crippen LogP contribution in [-0.2, 0) is 6.54 Å². The van der Waals surface area contributed by atoms with Gasteiger partial charge in [0, 0.05) is 12.2 Å². The Labute approximate surface area is 124 Å². The lowest BCUT2D eigenvalue weighted by Crippen LogP contribution is -2.15. The van der Waals surface area contributed by atoms with E-state index in [-0.39, 0.29) is 17.2 Å². The van der Waals surface area contributed by atoms with Gasteiger partial charge in [0.05, 0.1) is 5.56 Å². The number of nitrogens with one attached hydrogen (secondary N) is 2. The zero-order chi connectivity index (χ0) is 15.1. The van der Waals surface area contributed by atoms with Crippen LogP contribution in [0.2, 0.25) is 0 Å². The van der Waals surface area contributed by atoms with E-state index in [9.17, 15) is 9.90 Å². The molecule has 1 amide bonds. The minimum absolute atomic E-state index is 0.0178. The van der Waals surface area contributed by atoms with Crippen LogP contribution in [0.15, 0.2) is 48.5 Å². The van der Waals surface area contributed by atoms with E-state index < -0.39 is 0 Å². The summed E-state index contributed by atoms with van der Waals surface area (Å²) in [6.45, 7) is 3.86. The van der Waals surface area contributed by atoms with E-state index in [4.69, 9.17) is 0 Å². The Balaban J connectivity index is 2.04. The maximum atomic E-state index is 12.1. The lowest BCUT2D eigenvalue weighted by Gasteiger charge is -2.09. The molecule has 0 fully saturated rings. The highest BCUT2D eigenvalue weighted by atomic mass is 16.3. The summed E-state index contributed by atoms with van der Waals surface area (Å²) < 4.78 is 0. The van der Waals surface area contributed by atoms with Crippen LogP contribution in [0.4, 0.5) is 5.69 Å². The lowest BCUT2D eigenvalue weighted by atomic mass is 10.1. The van der Waals surface area contributed by atoms with E-state index in [0.29, 0.717) is 0 Å². The van der Waals surface area contributed by atoms with Crippen LogP contribution in [0.3, 0.4) is 0 Å². The molecule has 2 aromatic carbocycles. The van der Waals surface area contributed by atoms with Gasteiger partial charge in [0.1, 0.15) is 5.75 Å². The van der Waals surface area contributed by atoms with Gasteiger partial charge < -0.3 is 15.7 Å². The average Bonchev–Trinajstić information content (AvgIpc) is 2.48. The van der Waals surface area contributed by atoms with Crippen LogP contribution in [0.25, 0.3) is 0 Å². The van der Waals surface area contributed by atoms with E-state index in [1.165, 1.54) is 6.07 Å². The molecule has 0 saturated carbocycles. The first-order valence-electron chi connectivity index (χ1n) is 7.09. The second-order valence-electron chi connectivity index (χ2n) is 4.85. The molecule has 3 N–H and O–H groups in total. The molecule has 0 spiro atoms. The normalized spacial score (nSPS) is 10.3. The summed E-state index contributed by atoms with van der Waals surface area (Å²) in [6, 6.07) is 14.2. The van der Waals surface area contributed by atoms with Crippen molar-refractivity contribution in [2.45, 2.75) is 19.9 Å². The van der Waals surface area contributed by atoms with E-state index in [1.54, 1.807) is 18.2 Å². The topological polar surface area (TPSA) is 61.4 Å². The van der Waals surface area contributed by atoms with Crippen LogP contribution in [0, 0.1) is 0 Å². The lowest BCUT2D eigenvalue weighted by molar-refractivity contribution is 0.102. The van der Waals surface area contributed by atoms with Gasteiger partial charge in [-0.25, -0.2) is 0 Å². The first kappa shape index (κ1) is 15.1. The molecular weight excluding hydrogens is 264 g/mol. The van der Waals surface area contributed by atoms with Crippen LogP contribution < -0.4 is 10.6 Å². The number of hydrogen-bond donors (Lipinski definition) is 3. The third-order valence-corrected chi connectivity index (χ3v) is 3.09. The molecule has 21 heavy (non-hydrogen) atoms. The molecule has 0 radical (unpaired) electrons. The molecule has 0 aliphatic heterocycles. The second-order valence-corrected chi connectivity index (χ2v) is 4.85. The Kier molecular flexibility index (Phi) is 5.35. The van der Waals surface area contributed by atoms with Crippen molar-refractivity contribution in [3.63, 3.8) is 0 Å². The standard InChI is InChI=1S/C17H20N2O2/c1-2-10-18-12-13-6-5-7-14(11-13)19-17(21)15-8-3-4-9-16(15)20/h3-9,11,18,20H,2,10,12H2,1H3,(H,19,21). The van der Waals surface area contributed by atoms with Gasteiger partial charge in [0.25, 0.3) is 5.91 Å². The largest absolute Gasteiger partial charge is 0.507 e. The Hall–Kier alpha value is -2.33. The fraction of sp³-hybridized carbons (Fsp3) is 0.235. The highest BCUT2D eigenvalue weighted by molar-refractivity contribution is 6.06. The summed E-state index contributed by atoms with van der Waals surface area (Å²) in [5, 5.41) is 15.8. The summed E-state index contributed by atoms with van der Waals surface area (Å²) in [6.07, 6.45) is 1.09. The number of amides is 1. The minimum Gasteiger partial charge on any atom is -0.507 e. The van der Waals surface area contributed by atoms with E-state index in [2.05, 4.69) is 17.6 Å². The van der Waals surface area contributed by atoms with Crippen molar-refractivity contribution in [2.24, 2.45) is 0 Å². The van der Waals surface area contributed by atoms with Crippen molar-refractivity contribution in [3.05, 3.63) is 59.7 Å². The molecule has 4 nitrogen and oxygen atoms in total. The minimum atomic E-state index is -0.313. The molecule has 110 valence electrons. The van der Waals surface area contributed by atoms with Gasteiger partial charge in [0.2, 0.25) is 0 Å². The van der Waals surface area contributed by atoms with Gasteiger partial charge in [-0.15, -0.1) is 0 Å². The molecule has 0 unspecified atom stereocenters. The maximum absolute atomic E-state index is 12.1. The molecule has 2 rings (SSSR count). The monoisotopic (exact) mass is 284 g/mol. The Bertz CT molecular complexity index is 611. The number of anilines is 1. The number of aromatic hydroxyl groups is 1. The van der Waals surface area contributed by atoms with Crippen molar-refractivity contribution >= 4 is 11.6 Å². The molecule has 0 aromatic heterocycles. The third kappa shape index (κ3) is 4.33. The van der Waals surface area contributed by atoms with Gasteiger partial charge >= 0.3 is 0 Å². The molecule has 0 heterocycles. The highest BCUT2D eigenvalue weighted by Gasteiger charge is 2.10.